The first kappa shape index (κ1) is 11.2. The van der Waals surface area contributed by atoms with Gasteiger partial charge in [-0.3, -0.25) is 4.79 Å². The number of rotatable bonds is 3. The van der Waals surface area contributed by atoms with E-state index >= 15 is 0 Å². The average Bonchev–Trinajstić information content (AvgIpc) is 1.86. The number of carbonyl (C=O) groups is 1. The van der Waals surface area contributed by atoms with E-state index in [2.05, 4.69) is 11.7 Å². The van der Waals surface area contributed by atoms with Crippen LogP contribution in [0, 0.1) is 5.41 Å². The molecule has 0 aliphatic rings. The zero-order valence-electron chi connectivity index (χ0n) is 7.09. The highest BCUT2D eigenvalue weighted by atomic mass is 33.1. The highest BCUT2D eigenvalue weighted by Crippen LogP contribution is 2.15. The lowest BCUT2D eigenvalue weighted by Crippen LogP contribution is -2.23. The molecular weight excluding hydrogens is 180 g/mol. The van der Waals surface area contributed by atoms with Crippen molar-refractivity contribution >= 4 is 28.4 Å². The third-order valence-corrected chi connectivity index (χ3v) is 1.92. The topological polar surface area (TPSA) is 26.3 Å². The summed E-state index contributed by atoms with van der Waals surface area (Å²) in [5, 5.41) is 0. The Hall–Kier alpha value is 0.170. The summed E-state index contributed by atoms with van der Waals surface area (Å²) >= 11 is 3.92. The second-order valence-corrected chi connectivity index (χ2v) is 4.66. The summed E-state index contributed by atoms with van der Waals surface area (Å²) in [5.74, 6) is 0.588. The first-order chi connectivity index (χ1) is 4.98. The van der Waals surface area contributed by atoms with Crippen LogP contribution < -0.4 is 0 Å². The van der Waals surface area contributed by atoms with Crippen LogP contribution in [0.3, 0.4) is 0 Å². The molecule has 0 saturated carbocycles. The van der Waals surface area contributed by atoms with E-state index in [1.54, 1.807) is 0 Å². The fourth-order valence-electron chi connectivity index (χ4n) is 0.388. The molecule has 0 aromatic carbocycles. The summed E-state index contributed by atoms with van der Waals surface area (Å²) in [7, 11) is 1.37. The summed E-state index contributed by atoms with van der Waals surface area (Å²) in [5.41, 5.74) is -0.388. The van der Waals surface area contributed by atoms with E-state index in [4.69, 9.17) is 4.74 Å². The van der Waals surface area contributed by atoms with Gasteiger partial charge in [0.2, 0.25) is 0 Å². The second-order valence-electron chi connectivity index (χ2n) is 3.22. The predicted octanol–water partition coefficient (Wildman–Crippen LogP) is 2.15. The molecule has 0 aliphatic heterocycles. The molecule has 0 saturated heterocycles. The smallest absolute Gasteiger partial charge is 0.311 e. The first-order valence-electron chi connectivity index (χ1n) is 3.42. The van der Waals surface area contributed by atoms with Crippen molar-refractivity contribution in [1.82, 2.24) is 0 Å². The molecular formula is C7H14O2S2. The maximum atomic E-state index is 11.1. The van der Waals surface area contributed by atoms with Crippen LogP contribution in [0.25, 0.3) is 0 Å². The van der Waals surface area contributed by atoms with Crippen molar-refractivity contribution in [3.8, 4) is 0 Å². The molecule has 0 rings (SSSR count). The zero-order chi connectivity index (χ0) is 8.91. The molecule has 0 heterocycles. The van der Waals surface area contributed by atoms with E-state index in [1.807, 2.05) is 20.8 Å². The van der Waals surface area contributed by atoms with Gasteiger partial charge < -0.3 is 4.74 Å². The lowest BCUT2D eigenvalue weighted by molar-refractivity contribution is -0.152. The maximum absolute atomic E-state index is 11.1. The van der Waals surface area contributed by atoms with Gasteiger partial charge >= 0.3 is 5.97 Å². The molecule has 11 heavy (non-hydrogen) atoms. The minimum atomic E-state index is -0.388. The van der Waals surface area contributed by atoms with Crippen LogP contribution >= 0.6 is 22.5 Å². The van der Waals surface area contributed by atoms with E-state index in [0.717, 1.165) is 5.75 Å². The fraction of sp³-hybridized carbons (Fsp3) is 0.857. The van der Waals surface area contributed by atoms with E-state index < -0.39 is 0 Å². The lowest BCUT2D eigenvalue weighted by atomic mass is 9.97. The van der Waals surface area contributed by atoms with Gasteiger partial charge in [0.05, 0.1) is 5.41 Å². The molecule has 0 fully saturated rings. The predicted molar refractivity (Wildman–Crippen MR) is 51.9 cm³/mol. The highest BCUT2D eigenvalue weighted by Gasteiger charge is 2.22. The monoisotopic (exact) mass is 194 g/mol. The average molecular weight is 194 g/mol. The van der Waals surface area contributed by atoms with Crippen molar-refractivity contribution in [3.05, 3.63) is 0 Å². The molecule has 0 atom stereocenters. The van der Waals surface area contributed by atoms with Crippen molar-refractivity contribution in [2.24, 2.45) is 5.41 Å². The highest BCUT2D eigenvalue weighted by molar-refractivity contribution is 8.68. The van der Waals surface area contributed by atoms with Crippen molar-refractivity contribution in [2.75, 3.05) is 12.4 Å². The molecule has 66 valence electrons. The first-order valence-corrected chi connectivity index (χ1v) is 5.46. The quantitative estimate of drug-likeness (QED) is 0.323. The molecule has 0 amide bonds. The molecule has 0 aliphatic carbocycles. The van der Waals surface area contributed by atoms with E-state index in [0.29, 0.717) is 6.61 Å². The minimum absolute atomic E-state index is 0.153. The van der Waals surface area contributed by atoms with Crippen molar-refractivity contribution in [2.45, 2.75) is 20.8 Å². The van der Waals surface area contributed by atoms with Gasteiger partial charge in [0, 0.05) is 5.75 Å². The van der Waals surface area contributed by atoms with Crippen molar-refractivity contribution < 1.29 is 9.53 Å². The van der Waals surface area contributed by atoms with Crippen LogP contribution in [0.1, 0.15) is 20.8 Å². The number of esters is 1. The van der Waals surface area contributed by atoms with Gasteiger partial charge in [-0.1, -0.05) is 10.8 Å². The Kier molecular flexibility index (Phi) is 5.01. The van der Waals surface area contributed by atoms with Gasteiger partial charge in [0.25, 0.3) is 0 Å². The van der Waals surface area contributed by atoms with E-state index in [1.165, 1.54) is 10.8 Å². The minimum Gasteiger partial charge on any atom is -0.464 e. The standard InChI is InChI=1S/C7H14O2S2/c1-7(2,3)6(8)9-4-5-11-10/h10H,4-5H2,1-3H3. The molecule has 2 nitrogen and oxygen atoms in total. The Morgan fingerprint density at radius 1 is 1.55 bits per heavy atom. The maximum Gasteiger partial charge on any atom is 0.311 e. The summed E-state index contributed by atoms with van der Waals surface area (Å²) in [6.45, 7) is 5.96. The molecule has 0 radical (unpaired) electrons. The molecule has 0 bridgehead atoms. The van der Waals surface area contributed by atoms with Gasteiger partial charge in [-0.05, 0) is 20.8 Å². The Balaban J connectivity index is 3.54. The second kappa shape index (κ2) is 4.93. The van der Waals surface area contributed by atoms with Crippen LogP contribution in [0.5, 0.6) is 0 Å². The van der Waals surface area contributed by atoms with Gasteiger partial charge in [0.1, 0.15) is 6.61 Å². The molecule has 0 unspecified atom stereocenters. The third-order valence-electron chi connectivity index (χ3n) is 1.02. The zero-order valence-corrected chi connectivity index (χ0v) is 8.80. The van der Waals surface area contributed by atoms with Crippen LogP contribution in [0.15, 0.2) is 0 Å². The Morgan fingerprint density at radius 3 is 2.45 bits per heavy atom. The Morgan fingerprint density at radius 2 is 2.09 bits per heavy atom. The van der Waals surface area contributed by atoms with Crippen LogP contribution in [-0.2, 0) is 9.53 Å². The molecule has 0 aromatic heterocycles. The van der Waals surface area contributed by atoms with Gasteiger partial charge in [-0.15, -0.1) is 11.7 Å². The molecule has 0 N–H and O–H groups in total. The van der Waals surface area contributed by atoms with Gasteiger partial charge in [0.15, 0.2) is 0 Å². The van der Waals surface area contributed by atoms with Crippen LogP contribution in [0.4, 0.5) is 0 Å². The summed E-state index contributed by atoms with van der Waals surface area (Å²) in [6.07, 6.45) is 0. The summed E-state index contributed by atoms with van der Waals surface area (Å²) < 4.78 is 4.94. The van der Waals surface area contributed by atoms with Crippen LogP contribution in [-0.4, -0.2) is 18.3 Å². The summed E-state index contributed by atoms with van der Waals surface area (Å²) in [6, 6.07) is 0. The van der Waals surface area contributed by atoms with Gasteiger partial charge in [-0.25, -0.2) is 0 Å². The van der Waals surface area contributed by atoms with Crippen LogP contribution in [0.2, 0.25) is 0 Å². The number of hydrogen-bond donors (Lipinski definition) is 1. The lowest BCUT2D eigenvalue weighted by Gasteiger charge is -2.15. The Labute approximate surface area is 76.9 Å². The number of carbonyl (C=O) groups excluding carboxylic acids is 1. The Bertz CT molecular complexity index is 129. The number of hydrogen-bond acceptors (Lipinski definition) is 4. The van der Waals surface area contributed by atoms with E-state index in [9.17, 15) is 4.79 Å². The van der Waals surface area contributed by atoms with E-state index in [-0.39, 0.29) is 11.4 Å². The number of thiol groups is 1. The SMILES string of the molecule is CC(C)(C)C(=O)OCCSS. The number of ether oxygens (including phenoxy) is 1. The van der Waals surface area contributed by atoms with Crippen molar-refractivity contribution in [3.63, 3.8) is 0 Å². The fourth-order valence-corrected chi connectivity index (χ4v) is 0.770. The third kappa shape index (κ3) is 5.44. The largest absolute Gasteiger partial charge is 0.464 e. The van der Waals surface area contributed by atoms with Crippen molar-refractivity contribution in [1.29, 1.82) is 0 Å². The molecule has 0 spiro atoms. The van der Waals surface area contributed by atoms with Gasteiger partial charge in [-0.2, -0.15) is 0 Å². The summed E-state index contributed by atoms with van der Waals surface area (Å²) in [4.78, 5) is 11.1. The molecule has 4 heteroatoms. The molecule has 0 aromatic rings. The normalized spacial score (nSPS) is 11.3.